The van der Waals surface area contributed by atoms with Crippen LogP contribution >= 0.6 is 0 Å². The van der Waals surface area contributed by atoms with Gasteiger partial charge in [0, 0.05) is 18.3 Å². The quantitative estimate of drug-likeness (QED) is 0.511. The number of ether oxygens (including phenoxy) is 1. The third kappa shape index (κ3) is 4.33. The van der Waals surface area contributed by atoms with Crippen molar-refractivity contribution in [1.82, 2.24) is 9.78 Å². The molecule has 0 unspecified atom stereocenters. The molecule has 1 aliphatic carbocycles. The van der Waals surface area contributed by atoms with Crippen LogP contribution in [0.1, 0.15) is 48.0 Å². The molecule has 1 heterocycles. The summed E-state index contributed by atoms with van der Waals surface area (Å²) in [6.45, 7) is 1.40. The van der Waals surface area contributed by atoms with Gasteiger partial charge < -0.3 is 4.74 Å². The molecule has 144 valence electrons. The molecule has 1 fully saturated rings. The number of hydrogen-bond donors (Lipinski definition) is 0. The maximum Gasteiger partial charge on any atom is 0.154 e. The number of rotatable bonds is 7. The molecule has 4 nitrogen and oxygen atoms in total. The number of benzene rings is 2. The SMILES string of the molecule is O=Cc1c(OCc2ccccc2)cccc1-c1cnn(CC2CCCCC2)c1. The van der Waals surface area contributed by atoms with Crippen molar-refractivity contribution in [2.45, 2.75) is 45.3 Å². The van der Waals surface area contributed by atoms with E-state index in [4.69, 9.17) is 4.74 Å². The van der Waals surface area contributed by atoms with Gasteiger partial charge in [-0.15, -0.1) is 0 Å². The lowest BCUT2D eigenvalue weighted by molar-refractivity contribution is 0.111. The second-order valence-corrected chi connectivity index (χ2v) is 7.56. The van der Waals surface area contributed by atoms with Crippen LogP contribution in [0.25, 0.3) is 11.1 Å². The zero-order valence-corrected chi connectivity index (χ0v) is 16.1. The maximum atomic E-state index is 11.8. The number of aldehydes is 1. The molecule has 0 spiro atoms. The van der Waals surface area contributed by atoms with Gasteiger partial charge in [-0.25, -0.2) is 0 Å². The molecule has 0 bridgehead atoms. The van der Waals surface area contributed by atoms with Crippen LogP contribution in [0.5, 0.6) is 5.75 Å². The fourth-order valence-corrected chi connectivity index (χ4v) is 4.02. The highest BCUT2D eigenvalue weighted by atomic mass is 16.5. The number of hydrogen-bond acceptors (Lipinski definition) is 3. The van der Waals surface area contributed by atoms with Crippen molar-refractivity contribution in [3.8, 4) is 16.9 Å². The Labute approximate surface area is 166 Å². The minimum atomic E-state index is 0.437. The van der Waals surface area contributed by atoms with Crippen molar-refractivity contribution in [2.24, 2.45) is 5.92 Å². The largest absolute Gasteiger partial charge is 0.488 e. The molecule has 0 N–H and O–H groups in total. The predicted molar refractivity (Wildman–Crippen MR) is 110 cm³/mol. The first-order valence-electron chi connectivity index (χ1n) is 10.1. The highest BCUT2D eigenvalue weighted by molar-refractivity contribution is 5.90. The molecule has 1 aromatic heterocycles. The van der Waals surface area contributed by atoms with Crippen LogP contribution in [0.15, 0.2) is 60.9 Å². The third-order valence-corrected chi connectivity index (χ3v) is 5.54. The molecule has 0 atom stereocenters. The number of carbonyl (C=O) groups excluding carboxylic acids is 1. The second kappa shape index (κ2) is 8.87. The standard InChI is InChI=1S/C24H26N2O2/c27-17-23-22(12-7-13-24(23)28-18-20-10-5-2-6-11-20)21-14-25-26(16-21)15-19-8-3-1-4-9-19/h2,5-7,10-14,16-17,19H,1,3-4,8-9,15,18H2. The topological polar surface area (TPSA) is 44.1 Å². The van der Waals surface area contributed by atoms with Crippen LogP contribution in [-0.2, 0) is 13.2 Å². The molecular formula is C24H26N2O2. The Kier molecular flexibility index (Phi) is 5.86. The maximum absolute atomic E-state index is 11.8. The number of nitrogens with zero attached hydrogens (tertiary/aromatic N) is 2. The zero-order chi connectivity index (χ0) is 19.2. The molecule has 1 aliphatic rings. The Morgan fingerprint density at radius 1 is 1.04 bits per heavy atom. The van der Waals surface area contributed by atoms with Gasteiger partial charge in [-0.3, -0.25) is 9.48 Å². The van der Waals surface area contributed by atoms with Crippen molar-refractivity contribution in [1.29, 1.82) is 0 Å². The number of aromatic nitrogens is 2. The van der Waals surface area contributed by atoms with E-state index < -0.39 is 0 Å². The van der Waals surface area contributed by atoms with E-state index in [-0.39, 0.29) is 0 Å². The molecular weight excluding hydrogens is 348 g/mol. The Balaban J connectivity index is 1.52. The smallest absolute Gasteiger partial charge is 0.154 e. The van der Waals surface area contributed by atoms with E-state index >= 15 is 0 Å². The average Bonchev–Trinajstić information content (AvgIpc) is 3.21. The van der Waals surface area contributed by atoms with Gasteiger partial charge in [-0.1, -0.05) is 61.7 Å². The third-order valence-electron chi connectivity index (χ3n) is 5.54. The van der Waals surface area contributed by atoms with Crippen molar-refractivity contribution in [3.63, 3.8) is 0 Å². The van der Waals surface area contributed by atoms with E-state index in [1.165, 1.54) is 32.1 Å². The summed E-state index contributed by atoms with van der Waals surface area (Å²) in [4.78, 5) is 11.8. The first-order chi connectivity index (χ1) is 13.8. The molecule has 0 saturated heterocycles. The van der Waals surface area contributed by atoms with Crippen molar-refractivity contribution >= 4 is 6.29 Å². The van der Waals surface area contributed by atoms with Crippen LogP contribution in [0.4, 0.5) is 0 Å². The molecule has 0 aliphatic heterocycles. The molecule has 4 rings (SSSR count). The van der Waals surface area contributed by atoms with Crippen molar-refractivity contribution in [3.05, 3.63) is 72.1 Å². The molecule has 2 aromatic carbocycles. The molecule has 0 amide bonds. The van der Waals surface area contributed by atoms with Crippen molar-refractivity contribution < 1.29 is 9.53 Å². The van der Waals surface area contributed by atoms with Gasteiger partial charge in [0.1, 0.15) is 12.4 Å². The van der Waals surface area contributed by atoms with Crippen LogP contribution in [0.2, 0.25) is 0 Å². The van der Waals surface area contributed by atoms with Gasteiger partial charge in [0.25, 0.3) is 0 Å². The Bertz CT molecular complexity index is 911. The van der Waals surface area contributed by atoms with Crippen LogP contribution < -0.4 is 4.74 Å². The van der Waals surface area contributed by atoms with Gasteiger partial charge in [-0.2, -0.15) is 5.10 Å². The van der Waals surface area contributed by atoms with Crippen LogP contribution in [-0.4, -0.2) is 16.1 Å². The predicted octanol–water partition coefficient (Wildman–Crippen LogP) is 5.52. The van der Waals surface area contributed by atoms with Gasteiger partial charge in [0.2, 0.25) is 0 Å². The van der Waals surface area contributed by atoms with E-state index in [9.17, 15) is 4.79 Å². The minimum absolute atomic E-state index is 0.437. The normalized spacial score (nSPS) is 14.7. The summed E-state index contributed by atoms with van der Waals surface area (Å²) in [6.07, 6.45) is 11.4. The molecule has 4 heteroatoms. The zero-order valence-electron chi connectivity index (χ0n) is 16.1. The monoisotopic (exact) mass is 374 g/mol. The summed E-state index contributed by atoms with van der Waals surface area (Å²) < 4.78 is 7.97. The Morgan fingerprint density at radius 3 is 2.64 bits per heavy atom. The van der Waals surface area contributed by atoms with E-state index in [2.05, 4.69) is 11.3 Å². The first-order valence-corrected chi connectivity index (χ1v) is 10.1. The summed E-state index contributed by atoms with van der Waals surface area (Å²) >= 11 is 0. The van der Waals surface area contributed by atoms with Gasteiger partial charge in [0.15, 0.2) is 6.29 Å². The number of carbonyl (C=O) groups is 1. The van der Waals surface area contributed by atoms with E-state index in [1.54, 1.807) is 0 Å². The summed E-state index contributed by atoms with van der Waals surface area (Å²) in [5.74, 6) is 1.32. The Morgan fingerprint density at radius 2 is 1.86 bits per heavy atom. The average molecular weight is 374 g/mol. The summed E-state index contributed by atoms with van der Waals surface area (Å²) in [5, 5.41) is 4.55. The van der Waals surface area contributed by atoms with Gasteiger partial charge in [-0.05, 0) is 36.0 Å². The highest BCUT2D eigenvalue weighted by Gasteiger charge is 2.16. The van der Waals surface area contributed by atoms with E-state index in [0.717, 1.165) is 29.5 Å². The summed E-state index contributed by atoms with van der Waals surface area (Å²) in [6, 6.07) is 15.7. The molecule has 0 radical (unpaired) electrons. The molecule has 3 aromatic rings. The summed E-state index contributed by atoms with van der Waals surface area (Å²) in [7, 11) is 0. The molecule has 1 saturated carbocycles. The van der Waals surface area contributed by atoms with E-state index in [1.807, 2.05) is 59.4 Å². The lowest BCUT2D eigenvalue weighted by atomic mass is 9.89. The van der Waals surface area contributed by atoms with Gasteiger partial charge in [0.05, 0.1) is 11.8 Å². The van der Waals surface area contributed by atoms with E-state index in [0.29, 0.717) is 23.8 Å². The lowest BCUT2D eigenvalue weighted by Gasteiger charge is -2.21. The first kappa shape index (κ1) is 18.5. The van der Waals surface area contributed by atoms with Gasteiger partial charge >= 0.3 is 0 Å². The fraction of sp³-hybridized carbons (Fsp3) is 0.333. The summed E-state index contributed by atoms with van der Waals surface area (Å²) in [5.41, 5.74) is 3.49. The highest BCUT2D eigenvalue weighted by Crippen LogP contribution is 2.31. The molecule has 28 heavy (non-hydrogen) atoms. The van der Waals surface area contributed by atoms with Crippen LogP contribution in [0.3, 0.4) is 0 Å². The van der Waals surface area contributed by atoms with Crippen LogP contribution in [0, 0.1) is 5.92 Å². The lowest BCUT2D eigenvalue weighted by Crippen LogP contribution is -2.14. The Hall–Kier alpha value is -2.88. The fourth-order valence-electron chi connectivity index (χ4n) is 4.02. The minimum Gasteiger partial charge on any atom is -0.488 e. The second-order valence-electron chi connectivity index (χ2n) is 7.56. The van der Waals surface area contributed by atoms with Crippen molar-refractivity contribution in [2.75, 3.05) is 0 Å².